The molecule has 7 amide bonds. The predicted octanol–water partition coefficient (Wildman–Crippen LogP) is 9.88. The highest BCUT2D eigenvalue weighted by Gasteiger charge is 2.18. The lowest BCUT2D eigenvalue weighted by Crippen LogP contribution is -2.21. The van der Waals surface area contributed by atoms with Gasteiger partial charge >= 0.3 is 12.1 Å². The van der Waals surface area contributed by atoms with Crippen LogP contribution in [-0.4, -0.2) is 35.8 Å². The first-order valence-corrected chi connectivity index (χ1v) is 20.9. The van der Waals surface area contributed by atoms with Crippen LogP contribution in [0.3, 0.4) is 0 Å². The van der Waals surface area contributed by atoms with Gasteiger partial charge in [-0.3, -0.25) is 24.5 Å². The maximum Gasteiger partial charge on any atom is 0.417 e. The van der Waals surface area contributed by atoms with Gasteiger partial charge in [-0.15, -0.1) is 25.7 Å². The molecular weight excluding hydrogens is 883 g/mol. The maximum atomic E-state index is 13.5. The molecule has 0 heterocycles. The van der Waals surface area contributed by atoms with Crippen LogP contribution in [0.25, 0.3) is 0 Å². The normalized spacial score (nSPS) is 10.0. The van der Waals surface area contributed by atoms with Gasteiger partial charge in [0, 0.05) is 84.3 Å². The summed E-state index contributed by atoms with van der Waals surface area (Å²) >= 11 is 0. The van der Waals surface area contributed by atoms with Crippen LogP contribution in [0.15, 0.2) is 158 Å². The fourth-order valence-corrected chi connectivity index (χ4v) is 6.63. The smallest absolute Gasteiger partial charge is 0.410 e. The molecule has 0 radical (unpaired) electrons. The summed E-state index contributed by atoms with van der Waals surface area (Å²) in [6, 6.07) is 39.7. The lowest BCUT2D eigenvalue weighted by Gasteiger charge is -2.13. The second kappa shape index (κ2) is 21.9. The minimum atomic E-state index is -0.970. The summed E-state index contributed by atoms with van der Waals surface area (Å²) in [6.07, 6.45) is 21.1. The second-order valence-electron chi connectivity index (χ2n) is 14.9. The molecule has 0 saturated heterocycles. The van der Waals surface area contributed by atoms with Crippen LogP contribution in [0.2, 0.25) is 0 Å². The van der Waals surface area contributed by atoms with E-state index in [-0.39, 0.29) is 45.1 Å². The average molecular weight is 920 g/mol. The van der Waals surface area contributed by atoms with Gasteiger partial charge in [-0.05, 0) is 133 Å². The average Bonchev–Trinajstić information content (AvgIpc) is 3.36. The minimum Gasteiger partial charge on any atom is -0.410 e. The minimum absolute atomic E-state index is 0.0207. The Balaban J connectivity index is 1.04. The quantitative estimate of drug-likeness (QED) is 0.0592. The van der Waals surface area contributed by atoms with E-state index < -0.39 is 35.8 Å². The first-order chi connectivity index (χ1) is 33.9. The van der Waals surface area contributed by atoms with Crippen LogP contribution >= 0.6 is 0 Å². The molecule has 0 aliphatic rings. The molecule has 7 aromatic carbocycles. The Kier molecular flexibility index (Phi) is 14.8. The Morgan fingerprint density at radius 1 is 0.329 bits per heavy atom. The largest absolute Gasteiger partial charge is 0.417 e. The van der Waals surface area contributed by atoms with Gasteiger partial charge in [0.25, 0.3) is 23.6 Å². The highest BCUT2D eigenvalue weighted by molar-refractivity contribution is 6.12. The van der Waals surface area contributed by atoms with E-state index >= 15 is 0 Å². The molecule has 0 atom stereocenters. The van der Waals surface area contributed by atoms with E-state index in [0.29, 0.717) is 45.0 Å². The van der Waals surface area contributed by atoms with E-state index in [9.17, 15) is 28.8 Å². The third-order valence-corrected chi connectivity index (χ3v) is 9.89. The molecule has 0 saturated carbocycles. The Morgan fingerprint density at radius 2 is 0.643 bits per heavy atom. The topological polar surface area (TPSA) is 196 Å². The molecule has 14 nitrogen and oxygen atoms in total. The van der Waals surface area contributed by atoms with Crippen LogP contribution in [0.4, 0.5) is 49.4 Å². The Morgan fingerprint density at radius 3 is 0.971 bits per heavy atom. The van der Waals surface area contributed by atoms with Crippen molar-refractivity contribution >= 4 is 75.6 Å². The second-order valence-corrected chi connectivity index (χ2v) is 14.9. The first-order valence-electron chi connectivity index (χ1n) is 20.9. The number of amides is 7. The number of urea groups is 1. The Hall–Kier alpha value is -10.8. The molecule has 7 N–H and O–H groups in total. The van der Waals surface area contributed by atoms with Crippen molar-refractivity contribution in [1.29, 1.82) is 0 Å². The fourth-order valence-electron chi connectivity index (χ4n) is 6.63. The molecule has 7 rings (SSSR count). The molecule has 14 heteroatoms. The number of ether oxygens (including phenoxy) is 1. The van der Waals surface area contributed by atoms with Crippen molar-refractivity contribution in [2.75, 3.05) is 37.2 Å². The Labute approximate surface area is 402 Å². The Bertz CT molecular complexity index is 3000. The lowest BCUT2D eigenvalue weighted by atomic mass is 10.1. The highest BCUT2D eigenvalue weighted by Crippen LogP contribution is 2.24. The van der Waals surface area contributed by atoms with Crippen molar-refractivity contribution in [1.82, 2.24) is 0 Å². The first kappa shape index (κ1) is 47.2. The van der Waals surface area contributed by atoms with Crippen LogP contribution in [-0.2, 0) is 0 Å². The van der Waals surface area contributed by atoms with Gasteiger partial charge in [0.15, 0.2) is 0 Å². The van der Waals surface area contributed by atoms with E-state index in [1.165, 1.54) is 60.7 Å². The third kappa shape index (κ3) is 12.7. The van der Waals surface area contributed by atoms with Gasteiger partial charge in [0.2, 0.25) is 0 Å². The standard InChI is InChI=1S/C56H37N7O7/c1-5-35-13-9-17-44(25-35)57-51(64)39-29-40(52(65)58-45-18-10-14-36(6-2)26-45)32-48(31-39)62-55(68)61-43-21-23-50(24-22-43)70-56(69)63-49-33-41(53(66)59-46-19-11-15-37(7-3)27-46)30-42(34-49)54(67)60-47-20-12-16-38(8-4)28-47/h1-4,9-34H,(H,57,64)(H,58,65)(H,59,66)(H,60,67)(H,63,69)(H2,61,62,68). The van der Waals surface area contributed by atoms with E-state index in [1.807, 2.05) is 0 Å². The van der Waals surface area contributed by atoms with Crippen LogP contribution in [0.1, 0.15) is 63.7 Å². The number of rotatable bonds is 12. The molecule has 70 heavy (non-hydrogen) atoms. The molecule has 338 valence electrons. The van der Waals surface area contributed by atoms with E-state index in [2.05, 4.69) is 60.9 Å². The molecule has 0 aromatic heterocycles. The summed E-state index contributed by atoms with van der Waals surface area (Å²) in [5.41, 5.74) is 4.32. The molecule has 0 aliphatic heterocycles. The number of nitrogens with one attached hydrogen (secondary N) is 7. The van der Waals surface area contributed by atoms with E-state index in [0.717, 1.165) is 0 Å². The number of carbonyl (C=O) groups is 6. The molecule has 0 fully saturated rings. The van der Waals surface area contributed by atoms with Gasteiger partial charge in [-0.2, -0.15) is 0 Å². The van der Waals surface area contributed by atoms with Gasteiger partial charge in [-0.25, -0.2) is 9.59 Å². The zero-order chi connectivity index (χ0) is 49.6. The molecule has 0 bridgehead atoms. The maximum absolute atomic E-state index is 13.5. The van der Waals surface area contributed by atoms with Gasteiger partial charge in [-0.1, -0.05) is 47.9 Å². The molecule has 0 aliphatic carbocycles. The number of benzene rings is 7. The third-order valence-electron chi connectivity index (χ3n) is 9.89. The number of anilines is 7. The lowest BCUT2D eigenvalue weighted by molar-refractivity contribution is 0.101. The number of hydrogen-bond acceptors (Lipinski definition) is 7. The van der Waals surface area contributed by atoms with Crippen molar-refractivity contribution in [3.63, 3.8) is 0 Å². The van der Waals surface area contributed by atoms with Crippen molar-refractivity contribution in [2.45, 2.75) is 0 Å². The van der Waals surface area contributed by atoms with E-state index in [1.54, 1.807) is 97.1 Å². The van der Waals surface area contributed by atoms with Crippen LogP contribution in [0.5, 0.6) is 5.75 Å². The summed E-state index contributed by atoms with van der Waals surface area (Å²) in [4.78, 5) is 80.5. The van der Waals surface area contributed by atoms with Gasteiger partial charge < -0.3 is 36.6 Å². The molecular formula is C56H37N7O7. The zero-order valence-corrected chi connectivity index (χ0v) is 36.7. The highest BCUT2D eigenvalue weighted by atomic mass is 16.6. The SMILES string of the molecule is C#Cc1cccc(NC(=O)c2cc(NC(=O)Nc3ccc(OC(=O)Nc4cc(C(=O)Nc5cccc(C#C)c5)cc(C(=O)Nc5cccc(C#C)c5)c4)cc3)cc(C(=O)Nc3cccc(C#C)c3)c2)c1. The van der Waals surface area contributed by atoms with Crippen molar-refractivity contribution in [2.24, 2.45) is 0 Å². The monoisotopic (exact) mass is 919 g/mol. The molecule has 0 unspecified atom stereocenters. The number of carbonyl (C=O) groups excluding carboxylic acids is 6. The van der Waals surface area contributed by atoms with Crippen LogP contribution < -0.4 is 42.0 Å². The van der Waals surface area contributed by atoms with Gasteiger partial charge in [0.1, 0.15) is 5.75 Å². The van der Waals surface area contributed by atoms with Crippen molar-refractivity contribution in [3.05, 3.63) is 202 Å². The van der Waals surface area contributed by atoms with Gasteiger partial charge in [0.05, 0.1) is 0 Å². The summed E-state index contributed by atoms with van der Waals surface area (Å²) in [5.74, 6) is 7.71. The molecule has 7 aromatic rings. The summed E-state index contributed by atoms with van der Waals surface area (Å²) in [6.45, 7) is 0. The zero-order valence-electron chi connectivity index (χ0n) is 36.7. The fraction of sp³-hybridized carbons (Fsp3) is 0. The van der Waals surface area contributed by atoms with Crippen LogP contribution in [0, 0.1) is 49.4 Å². The van der Waals surface area contributed by atoms with Crippen molar-refractivity contribution < 1.29 is 33.5 Å². The predicted molar refractivity (Wildman–Crippen MR) is 271 cm³/mol. The summed E-state index contributed by atoms with van der Waals surface area (Å²) < 4.78 is 5.49. The van der Waals surface area contributed by atoms with Crippen molar-refractivity contribution in [3.8, 4) is 55.1 Å². The summed E-state index contributed by atoms with van der Waals surface area (Å²) in [7, 11) is 0. The number of terminal acetylenes is 4. The summed E-state index contributed by atoms with van der Waals surface area (Å²) in [5, 5.41) is 18.9. The number of hydrogen-bond donors (Lipinski definition) is 7. The molecule has 0 spiro atoms. The van der Waals surface area contributed by atoms with E-state index in [4.69, 9.17) is 30.4 Å².